The molecule has 0 bridgehead atoms. The molecule has 0 spiro atoms. The van der Waals surface area contributed by atoms with Gasteiger partial charge in [-0.2, -0.15) is 0 Å². The summed E-state index contributed by atoms with van der Waals surface area (Å²) in [5.41, 5.74) is 2.26. The van der Waals surface area contributed by atoms with Crippen molar-refractivity contribution < 1.29 is 8.78 Å². The predicted octanol–water partition coefficient (Wildman–Crippen LogP) is 2.16. The summed E-state index contributed by atoms with van der Waals surface area (Å²) in [6, 6.07) is -0.829. The van der Waals surface area contributed by atoms with Gasteiger partial charge in [0.05, 0.1) is 6.04 Å². The van der Waals surface area contributed by atoms with Crippen LogP contribution in [0.15, 0.2) is 0 Å². The molecule has 1 fully saturated rings. The summed E-state index contributed by atoms with van der Waals surface area (Å²) in [4.78, 5) is 0. The van der Waals surface area contributed by atoms with Gasteiger partial charge in [-0.3, -0.25) is 11.3 Å². The third-order valence-electron chi connectivity index (χ3n) is 3.61. The molecule has 2 nitrogen and oxygen atoms in total. The molecular weight excluding hydrogens is 186 g/mol. The van der Waals surface area contributed by atoms with E-state index in [1.165, 1.54) is 0 Å². The van der Waals surface area contributed by atoms with Crippen molar-refractivity contribution in [3.8, 4) is 0 Å². The molecule has 0 aromatic heterocycles. The minimum Gasteiger partial charge on any atom is -0.271 e. The van der Waals surface area contributed by atoms with Gasteiger partial charge < -0.3 is 0 Å². The van der Waals surface area contributed by atoms with Crippen molar-refractivity contribution in [1.82, 2.24) is 5.43 Å². The molecule has 4 unspecified atom stereocenters. The maximum Gasteiger partial charge on any atom is 0.255 e. The molecule has 1 saturated carbocycles. The van der Waals surface area contributed by atoms with Crippen LogP contribution in [0.25, 0.3) is 0 Å². The number of rotatable bonds is 3. The van der Waals surface area contributed by atoms with Crippen molar-refractivity contribution in [3.05, 3.63) is 0 Å². The summed E-state index contributed by atoms with van der Waals surface area (Å²) in [7, 11) is 0. The zero-order chi connectivity index (χ0) is 10.7. The van der Waals surface area contributed by atoms with Crippen molar-refractivity contribution in [1.29, 1.82) is 0 Å². The largest absolute Gasteiger partial charge is 0.271 e. The van der Waals surface area contributed by atoms with Crippen LogP contribution in [0.5, 0.6) is 0 Å². The molecule has 4 heteroatoms. The third-order valence-corrected chi connectivity index (χ3v) is 3.61. The summed E-state index contributed by atoms with van der Waals surface area (Å²) in [6.45, 7) is 4.32. The van der Waals surface area contributed by atoms with Gasteiger partial charge in [-0.15, -0.1) is 0 Å². The quantitative estimate of drug-likeness (QED) is 0.548. The van der Waals surface area contributed by atoms with Crippen LogP contribution in [-0.2, 0) is 0 Å². The molecule has 1 rings (SSSR count). The molecule has 1 aliphatic carbocycles. The number of hydrazine groups is 1. The van der Waals surface area contributed by atoms with Crippen molar-refractivity contribution in [2.75, 3.05) is 0 Å². The van der Waals surface area contributed by atoms with Gasteiger partial charge in [0.2, 0.25) is 0 Å². The lowest BCUT2D eigenvalue weighted by atomic mass is 9.73. The zero-order valence-electron chi connectivity index (χ0n) is 8.84. The Bertz CT molecular complexity index is 176. The van der Waals surface area contributed by atoms with Crippen LogP contribution in [-0.4, -0.2) is 12.5 Å². The van der Waals surface area contributed by atoms with E-state index >= 15 is 0 Å². The lowest BCUT2D eigenvalue weighted by Gasteiger charge is -2.36. The topological polar surface area (TPSA) is 38.0 Å². The Morgan fingerprint density at radius 1 is 1.21 bits per heavy atom. The molecule has 14 heavy (non-hydrogen) atoms. The standard InChI is InChI=1S/C10H20F2N2/c1-6-3-4-8(5-7(6)2)9(14-13)10(11)12/h6-10,14H,3-5,13H2,1-2H3. The lowest BCUT2D eigenvalue weighted by molar-refractivity contribution is 0.0429. The molecule has 0 aromatic carbocycles. The van der Waals surface area contributed by atoms with E-state index in [0.29, 0.717) is 11.8 Å². The van der Waals surface area contributed by atoms with Gasteiger partial charge in [-0.1, -0.05) is 20.3 Å². The molecule has 4 atom stereocenters. The van der Waals surface area contributed by atoms with E-state index in [2.05, 4.69) is 19.3 Å². The van der Waals surface area contributed by atoms with E-state index in [-0.39, 0.29) is 5.92 Å². The molecule has 0 heterocycles. The number of nitrogens with one attached hydrogen (secondary N) is 1. The Labute approximate surface area is 84.2 Å². The van der Waals surface area contributed by atoms with E-state index in [9.17, 15) is 8.78 Å². The molecule has 3 N–H and O–H groups in total. The smallest absolute Gasteiger partial charge is 0.255 e. The van der Waals surface area contributed by atoms with Gasteiger partial charge >= 0.3 is 0 Å². The van der Waals surface area contributed by atoms with Crippen LogP contribution in [0.2, 0.25) is 0 Å². The number of halogens is 2. The van der Waals surface area contributed by atoms with Gasteiger partial charge in [0.25, 0.3) is 6.43 Å². The van der Waals surface area contributed by atoms with Crippen LogP contribution in [0.4, 0.5) is 8.78 Å². The van der Waals surface area contributed by atoms with Crippen molar-refractivity contribution in [2.24, 2.45) is 23.6 Å². The number of alkyl halides is 2. The van der Waals surface area contributed by atoms with Gasteiger partial charge in [0.1, 0.15) is 0 Å². The van der Waals surface area contributed by atoms with E-state index in [0.717, 1.165) is 19.3 Å². The van der Waals surface area contributed by atoms with Crippen LogP contribution < -0.4 is 11.3 Å². The van der Waals surface area contributed by atoms with E-state index in [1.54, 1.807) is 0 Å². The molecule has 0 radical (unpaired) electrons. The number of nitrogens with two attached hydrogens (primary N) is 1. The van der Waals surface area contributed by atoms with Crippen LogP contribution in [0.1, 0.15) is 33.1 Å². The molecule has 0 aromatic rings. The summed E-state index contributed by atoms with van der Waals surface area (Å²) in [5, 5.41) is 0. The highest BCUT2D eigenvalue weighted by atomic mass is 19.3. The Balaban J connectivity index is 2.52. The van der Waals surface area contributed by atoms with E-state index in [1.807, 2.05) is 0 Å². The Morgan fingerprint density at radius 2 is 1.86 bits per heavy atom. The first kappa shape index (κ1) is 11.9. The molecule has 0 aliphatic heterocycles. The molecule has 1 aliphatic rings. The molecular formula is C10H20F2N2. The average molecular weight is 206 g/mol. The number of hydrogen-bond acceptors (Lipinski definition) is 2. The fourth-order valence-electron chi connectivity index (χ4n) is 2.33. The first-order chi connectivity index (χ1) is 6.56. The highest BCUT2D eigenvalue weighted by molar-refractivity contribution is 4.84. The Hall–Kier alpha value is -0.220. The van der Waals surface area contributed by atoms with Crippen LogP contribution >= 0.6 is 0 Å². The van der Waals surface area contributed by atoms with Crippen LogP contribution in [0, 0.1) is 17.8 Å². The fourth-order valence-corrected chi connectivity index (χ4v) is 2.33. The maximum absolute atomic E-state index is 12.6. The highest BCUT2D eigenvalue weighted by Crippen LogP contribution is 2.36. The van der Waals surface area contributed by atoms with Gasteiger partial charge in [0, 0.05) is 0 Å². The second-order valence-corrected chi connectivity index (χ2v) is 4.55. The van der Waals surface area contributed by atoms with Crippen molar-refractivity contribution in [2.45, 2.75) is 45.6 Å². The molecule has 84 valence electrons. The SMILES string of the molecule is CC1CCC(C(NN)C(F)F)CC1C. The second kappa shape index (κ2) is 5.03. The van der Waals surface area contributed by atoms with E-state index < -0.39 is 12.5 Å². The van der Waals surface area contributed by atoms with Crippen LogP contribution in [0.3, 0.4) is 0 Å². The summed E-state index contributed by atoms with van der Waals surface area (Å²) in [6.07, 6.45) is 0.410. The van der Waals surface area contributed by atoms with Crippen molar-refractivity contribution >= 4 is 0 Å². The molecule has 0 saturated heterocycles. The summed E-state index contributed by atoms with van der Waals surface area (Å²) >= 11 is 0. The normalized spacial score (nSPS) is 36.0. The highest BCUT2D eigenvalue weighted by Gasteiger charge is 2.34. The maximum atomic E-state index is 12.6. The van der Waals surface area contributed by atoms with E-state index in [4.69, 9.17) is 5.84 Å². The monoisotopic (exact) mass is 206 g/mol. The Morgan fingerprint density at radius 3 is 2.29 bits per heavy atom. The van der Waals surface area contributed by atoms with Gasteiger partial charge in [-0.25, -0.2) is 8.78 Å². The Kier molecular flexibility index (Phi) is 4.26. The minimum absolute atomic E-state index is 0.0335. The predicted molar refractivity (Wildman–Crippen MR) is 52.8 cm³/mol. The third kappa shape index (κ3) is 2.64. The van der Waals surface area contributed by atoms with Gasteiger partial charge in [0.15, 0.2) is 0 Å². The summed E-state index contributed by atoms with van der Waals surface area (Å²) < 4.78 is 25.1. The first-order valence-electron chi connectivity index (χ1n) is 5.30. The lowest BCUT2D eigenvalue weighted by Crippen LogP contribution is -2.47. The minimum atomic E-state index is -2.36. The molecule has 0 amide bonds. The number of hydrogen-bond donors (Lipinski definition) is 2. The summed E-state index contributed by atoms with van der Waals surface area (Å²) in [5.74, 6) is 6.37. The fraction of sp³-hybridized carbons (Fsp3) is 1.00. The van der Waals surface area contributed by atoms with Gasteiger partial charge in [-0.05, 0) is 30.6 Å². The zero-order valence-corrected chi connectivity index (χ0v) is 8.84. The average Bonchev–Trinajstić information content (AvgIpc) is 2.11. The second-order valence-electron chi connectivity index (χ2n) is 4.55. The first-order valence-corrected chi connectivity index (χ1v) is 5.30. The van der Waals surface area contributed by atoms with Crippen molar-refractivity contribution in [3.63, 3.8) is 0 Å².